The Hall–Kier alpha value is -2.12. The lowest BCUT2D eigenvalue weighted by Gasteiger charge is -2.61. The molecule has 4 saturated carbocycles. The summed E-state index contributed by atoms with van der Waals surface area (Å²) in [6.45, 7) is 0. The number of pyridine rings is 1. The highest BCUT2D eigenvalue weighted by Crippen LogP contribution is 2.69. The van der Waals surface area contributed by atoms with E-state index in [1.54, 1.807) is 0 Å². The van der Waals surface area contributed by atoms with E-state index in [1.165, 1.54) is 59.9 Å². The molecule has 2 aromatic carbocycles. The molecule has 8 rings (SSSR count). The van der Waals surface area contributed by atoms with Crippen LogP contribution in [0.1, 0.15) is 43.2 Å². The molecule has 0 unspecified atom stereocenters. The van der Waals surface area contributed by atoms with Crippen LogP contribution in [0.25, 0.3) is 22.4 Å². The molecule has 1 heterocycles. The van der Waals surface area contributed by atoms with Crippen molar-refractivity contribution >= 4 is 11.6 Å². The molecule has 0 amide bonds. The first-order valence-electron chi connectivity index (χ1n) is 11.1. The topological polar surface area (TPSA) is 12.9 Å². The summed E-state index contributed by atoms with van der Waals surface area (Å²) in [7, 11) is 0. The van der Waals surface area contributed by atoms with E-state index in [9.17, 15) is 0 Å². The molecule has 5 aliphatic rings. The first kappa shape index (κ1) is 16.7. The van der Waals surface area contributed by atoms with Gasteiger partial charge in [-0.05, 0) is 96.2 Å². The summed E-state index contributed by atoms with van der Waals surface area (Å²) in [5, 5.41) is 0.841. The quantitative estimate of drug-likeness (QED) is 0.425. The molecule has 0 saturated heterocycles. The molecule has 1 aromatic heterocycles. The number of aromatic nitrogens is 1. The zero-order valence-corrected chi connectivity index (χ0v) is 17.2. The van der Waals surface area contributed by atoms with Gasteiger partial charge in [0.05, 0.1) is 5.69 Å². The van der Waals surface area contributed by atoms with E-state index in [0.29, 0.717) is 0 Å². The van der Waals surface area contributed by atoms with E-state index in [2.05, 4.69) is 60.8 Å². The van der Waals surface area contributed by atoms with E-state index >= 15 is 0 Å². The maximum absolute atomic E-state index is 6.51. The summed E-state index contributed by atoms with van der Waals surface area (Å²) in [5.41, 5.74) is 8.19. The van der Waals surface area contributed by atoms with Crippen molar-refractivity contribution in [1.82, 2.24) is 4.98 Å². The Morgan fingerprint density at radius 1 is 0.759 bits per heavy atom. The molecule has 1 nitrogen and oxygen atoms in total. The number of nitrogens with zero attached hydrogens (tertiary/aromatic N) is 1. The van der Waals surface area contributed by atoms with Gasteiger partial charge in [0.15, 0.2) is 0 Å². The summed E-state index contributed by atoms with van der Waals surface area (Å²) >= 11 is 6.51. The van der Waals surface area contributed by atoms with E-state index in [4.69, 9.17) is 16.6 Å². The number of fused-ring (bicyclic) bond motifs is 3. The first-order chi connectivity index (χ1) is 14.2. The third-order valence-electron chi connectivity index (χ3n) is 8.56. The predicted molar refractivity (Wildman–Crippen MR) is 118 cm³/mol. The minimum Gasteiger partial charge on any atom is -0.256 e. The molecule has 29 heavy (non-hydrogen) atoms. The highest BCUT2D eigenvalue weighted by Gasteiger charge is 2.61. The van der Waals surface area contributed by atoms with Crippen LogP contribution in [0, 0.1) is 23.7 Å². The van der Waals surface area contributed by atoms with Gasteiger partial charge in [-0.3, -0.25) is 4.98 Å². The van der Waals surface area contributed by atoms with Crippen LogP contribution in [-0.2, 0) is 5.41 Å². The average molecular weight is 398 g/mol. The van der Waals surface area contributed by atoms with Crippen molar-refractivity contribution < 1.29 is 0 Å². The molecule has 144 valence electrons. The molecular weight excluding hydrogens is 374 g/mol. The number of rotatable bonds is 1. The normalized spacial score (nSPS) is 33.1. The number of hydrogen-bond acceptors (Lipinski definition) is 1. The van der Waals surface area contributed by atoms with Crippen LogP contribution in [0.15, 0.2) is 60.8 Å². The van der Waals surface area contributed by atoms with Crippen LogP contribution in [0.5, 0.6) is 0 Å². The van der Waals surface area contributed by atoms with Gasteiger partial charge in [-0.15, -0.1) is 0 Å². The Bertz CT molecular complexity index is 1100. The van der Waals surface area contributed by atoms with Crippen molar-refractivity contribution in [1.29, 1.82) is 0 Å². The van der Waals surface area contributed by atoms with Gasteiger partial charge in [-0.2, -0.15) is 0 Å². The van der Waals surface area contributed by atoms with Crippen molar-refractivity contribution in [2.45, 2.75) is 37.5 Å². The molecule has 4 bridgehead atoms. The predicted octanol–water partition coefficient (Wildman–Crippen LogP) is 7.12. The van der Waals surface area contributed by atoms with Gasteiger partial charge in [0.25, 0.3) is 0 Å². The molecular formula is C27H24ClN. The Morgan fingerprint density at radius 2 is 1.45 bits per heavy atom. The standard InChI is InChI=1S/C27H24ClN/c28-21-6-7-24-22(13-21)23-14-26(18-4-2-1-3-5-18)29-15-25(23)27(24)19-9-16-8-17(11-19)12-20(27)10-16/h1-7,13-17,19-20H,8-12H2. The van der Waals surface area contributed by atoms with Gasteiger partial charge in [0.1, 0.15) is 0 Å². The second-order valence-corrected chi connectivity index (χ2v) is 10.3. The monoisotopic (exact) mass is 397 g/mol. The highest BCUT2D eigenvalue weighted by molar-refractivity contribution is 6.31. The second kappa shape index (κ2) is 5.73. The zero-order valence-electron chi connectivity index (χ0n) is 16.4. The lowest BCUT2D eigenvalue weighted by Crippen LogP contribution is -2.55. The van der Waals surface area contributed by atoms with Crippen LogP contribution in [0.2, 0.25) is 5.02 Å². The number of halogens is 1. The van der Waals surface area contributed by atoms with E-state index < -0.39 is 0 Å². The van der Waals surface area contributed by atoms with E-state index in [0.717, 1.165) is 34.4 Å². The lowest BCUT2D eigenvalue weighted by atomic mass is 9.43. The molecule has 2 heteroatoms. The Balaban J connectivity index is 1.49. The molecule has 3 aromatic rings. The van der Waals surface area contributed by atoms with Crippen molar-refractivity contribution in [3.05, 3.63) is 76.9 Å². The molecule has 0 radical (unpaired) electrons. The van der Waals surface area contributed by atoms with Gasteiger partial charge >= 0.3 is 0 Å². The lowest BCUT2D eigenvalue weighted by molar-refractivity contribution is -0.0400. The Labute approximate surface area is 177 Å². The van der Waals surface area contributed by atoms with Crippen molar-refractivity contribution in [3.63, 3.8) is 0 Å². The van der Waals surface area contributed by atoms with Crippen LogP contribution in [0.3, 0.4) is 0 Å². The molecule has 0 aliphatic heterocycles. The molecule has 0 N–H and O–H groups in total. The maximum Gasteiger partial charge on any atom is 0.0708 e. The van der Waals surface area contributed by atoms with Crippen LogP contribution in [0.4, 0.5) is 0 Å². The SMILES string of the molecule is Clc1ccc2c(c1)-c1cc(-c3ccccc3)ncc1C21C2CC3CC(C2)CC1C3. The Kier molecular flexibility index (Phi) is 3.29. The van der Waals surface area contributed by atoms with Crippen molar-refractivity contribution in [2.75, 3.05) is 0 Å². The van der Waals surface area contributed by atoms with Gasteiger partial charge in [-0.25, -0.2) is 0 Å². The van der Waals surface area contributed by atoms with Crippen LogP contribution < -0.4 is 0 Å². The third-order valence-corrected chi connectivity index (χ3v) is 8.80. The second-order valence-electron chi connectivity index (χ2n) is 9.84. The van der Waals surface area contributed by atoms with Gasteiger partial charge in [0.2, 0.25) is 0 Å². The summed E-state index contributed by atoms with van der Waals surface area (Å²) < 4.78 is 0. The molecule has 1 spiro atoms. The maximum atomic E-state index is 6.51. The molecule has 4 fully saturated rings. The summed E-state index contributed by atoms with van der Waals surface area (Å²) in [4.78, 5) is 5.00. The summed E-state index contributed by atoms with van der Waals surface area (Å²) in [5.74, 6) is 3.45. The largest absolute Gasteiger partial charge is 0.256 e. The molecule has 0 atom stereocenters. The summed E-state index contributed by atoms with van der Waals surface area (Å²) in [6, 6.07) is 19.6. The van der Waals surface area contributed by atoms with Gasteiger partial charge in [0, 0.05) is 22.2 Å². The number of hydrogen-bond donors (Lipinski definition) is 0. The minimum atomic E-state index is 0.172. The summed E-state index contributed by atoms with van der Waals surface area (Å²) in [6.07, 6.45) is 9.30. The van der Waals surface area contributed by atoms with Crippen molar-refractivity contribution in [2.24, 2.45) is 23.7 Å². The highest BCUT2D eigenvalue weighted by atomic mass is 35.5. The van der Waals surface area contributed by atoms with Gasteiger partial charge in [-0.1, -0.05) is 48.0 Å². The van der Waals surface area contributed by atoms with Crippen LogP contribution in [-0.4, -0.2) is 4.98 Å². The first-order valence-corrected chi connectivity index (χ1v) is 11.5. The van der Waals surface area contributed by atoms with Gasteiger partial charge < -0.3 is 0 Å². The van der Waals surface area contributed by atoms with E-state index in [1.807, 2.05) is 0 Å². The Morgan fingerprint density at radius 3 is 2.17 bits per heavy atom. The average Bonchev–Trinajstić information content (AvgIpc) is 3.02. The zero-order chi connectivity index (χ0) is 19.2. The fourth-order valence-electron chi connectivity index (χ4n) is 7.83. The third kappa shape index (κ3) is 2.10. The molecule has 5 aliphatic carbocycles. The van der Waals surface area contributed by atoms with E-state index in [-0.39, 0.29) is 5.41 Å². The number of benzene rings is 2. The fraction of sp³-hybridized carbons (Fsp3) is 0.370. The van der Waals surface area contributed by atoms with Crippen LogP contribution >= 0.6 is 11.6 Å². The minimum absolute atomic E-state index is 0.172. The van der Waals surface area contributed by atoms with Crippen molar-refractivity contribution in [3.8, 4) is 22.4 Å². The smallest absolute Gasteiger partial charge is 0.0708 e. The fourth-order valence-corrected chi connectivity index (χ4v) is 8.00.